The van der Waals surface area contributed by atoms with Crippen LogP contribution in [0.25, 0.3) is 0 Å². The molecule has 1 rings (SSSR count). The Labute approximate surface area is 115 Å². The van der Waals surface area contributed by atoms with Gasteiger partial charge in [-0.15, -0.1) is 0 Å². The average Bonchev–Trinajstić information content (AvgIpc) is 2.83. The second-order valence-corrected chi connectivity index (χ2v) is 3.91. The van der Waals surface area contributed by atoms with E-state index < -0.39 is 4.92 Å². The summed E-state index contributed by atoms with van der Waals surface area (Å²) in [5.74, 6) is -0.628. The van der Waals surface area contributed by atoms with Crippen LogP contribution in [0, 0.1) is 10.1 Å². The Morgan fingerprint density at radius 1 is 1.55 bits per heavy atom. The van der Waals surface area contributed by atoms with E-state index in [2.05, 4.69) is 10.4 Å². The summed E-state index contributed by atoms with van der Waals surface area (Å²) in [5, 5.41) is 16.7. The van der Waals surface area contributed by atoms with Crippen LogP contribution in [0.3, 0.4) is 0 Å². The summed E-state index contributed by atoms with van der Waals surface area (Å²) in [5.41, 5.74) is -0.167. The van der Waals surface area contributed by atoms with Crippen molar-refractivity contribution in [2.24, 2.45) is 0 Å². The van der Waals surface area contributed by atoms with Crippen LogP contribution >= 0.6 is 0 Å². The van der Waals surface area contributed by atoms with Gasteiger partial charge in [0.05, 0.1) is 11.5 Å². The molecule has 1 heterocycles. The van der Waals surface area contributed by atoms with E-state index in [-0.39, 0.29) is 30.5 Å². The summed E-state index contributed by atoms with van der Waals surface area (Å²) < 4.78 is 5.92. The molecule has 0 saturated heterocycles. The largest absolute Gasteiger partial charge is 0.466 e. The van der Waals surface area contributed by atoms with Crippen molar-refractivity contribution in [3.8, 4) is 0 Å². The van der Waals surface area contributed by atoms with Crippen LogP contribution in [0.5, 0.6) is 0 Å². The molecule has 1 aromatic heterocycles. The molecule has 0 aliphatic carbocycles. The maximum absolute atomic E-state index is 11.5. The zero-order valence-electron chi connectivity index (χ0n) is 11.1. The normalized spacial score (nSPS) is 10.1. The van der Waals surface area contributed by atoms with Crippen LogP contribution in [0.4, 0.5) is 5.69 Å². The first-order chi connectivity index (χ1) is 9.52. The van der Waals surface area contributed by atoms with E-state index in [1.165, 1.54) is 10.9 Å². The fourth-order valence-electron chi connectivity index (χ4n) is 1.43. The third-order valence-electron chi connectivity index (χ3n) is 2.32. The molecular weight excluding hydrogens is 268 g/mol. The lowest BCUT2D eigenvalue weighted by Crippen LogP contribution is -2.29. The zero-order chi connectivity index (χ0) is 15.0. The van der Waals surface area contributed by atoms with E-state index >= 15 is 0 Å². The Hall–Kier alpha value is -2.45. The Balaban J connectivity index is 2.23. The van der Waals surface area contributed by atoms with Gasteiger partial charge in [0.25, 0.3) is 0 Å². The third kappa shape index (κ3) is 5.46. The minimum Gasteiger partial charge on any atom is -0.466 e. The van der Waals surface area contributed by atoms with E-state index in [4.69, 9.17) is 4.74 Å². The molecule has 0 spiro atoms. The second-order valence-electron chi connectivity index (χ2n) is 3.91. The molecule has 0 bridgehead atoms. The number of carbonyl (C=O) groups is 2. The van der Waals surface area contributed by atoms with E-state index in [9.17, 15) is 19.7 Å². The molecule has 0 fully saturated rings. The molecular formula is C11H16N4O5. The van der Waals surface area contributed by atoms with Gasteiger partial charge in [-0.2, -0.15) is 5.10 Å². The maximum atomic E-state index is 11.5. The molecule has 9 nitrogen and oxygen atoms in total. The SMILES string of the molecule is CCOC(=O)CCCNC(=O)Cn1cc([N+](=O)[O-])cn1. The zero-order valence-corrected chi connectivity index (χ0v) is 11.1. The van der Waals surface area contributed by atoms with E-state index in [1.807, 2.05) is 0 Å². The molecule has 0 saturated carbocycles. The monoisotopic (exact) mass is 284 g/mol. The van der Waals surface area contributed by atoms with Crippen molar-refractivity contribution in [1.29, 1.82) is 0 Å². The van der Waals surface area contributed by atoms with Gasteiger partial charge in [0.15, 0.2) is 0 Å². The van der Waals surface area contributed by atoms with Crippen molar-refractivity contribution < 1.29 is 19.2 Å². The van der Waals surface area contributed by atoms with Gasteiger partial charge in [0.2, 0.25) is 5.91 Å². The molecule has 0 aliphatic heterocycles. The first-order valence-electron chi connectivity index (χ1n) is 6.12. The Bertz CT molecular complexity index is 485. The molecule has 0 aromatic carbocycles. The van der Waals surface area contributed by atoms with Crippen LogP contribution in [-0.2, 0) is 20.9 Å². The number of ether oxygens (including phenoxy) is 1. The molecule has 0 aliphatic rings. The van der Waals surface area contributed by atoms with Gasteiger partial charge in [0.1, 0.15) is 18.9 Å². The molecule has 1 amide bonds. The highest BCUT2D eigenvalue weighted by atomic mass is 16.6. The molecule has 0 unspecified atom stereocenters. The minimum atomic E-state index is -0.583. The lowest BCUT2D eigenvalue weighted by Gasteiger charge is -2.05. The molecule has 110 valence electrons. The fraction of sp³-hybridized carbons (Fsp3) is 0.545. The summed E-state index contributed by atoms with van der Waals surface area (Å²) in [4.78, 5) is 32.4. The fourth-order valence-corrected chi connectivity index (χ4v) is 1.43. The van der Waals surface area contributed by atoms with Gasteiger partial charge in [-0.25, -0.2) is 0 Å². The third-order valence-corrected chi connectivity index (χ3v) is 2.32. The molecule has 0 atom stereocenters. The smallest absolute Gasteiger partial charge is 0.307 e. The quantitative estimate of drug-likeness (QED) is 0.316. The van der Waals surface area contributed by atoms with Gasteiger partial charge in [-0.05, 0) is 13.3 Å². The van der Waals surface area contributed by atoms with Crippen molar-refractivity contribution in [2.75, 3.05) is 13.2 Å². The highest BCUT2D eigenvalue weighted by Gasteiger charge is 2.11. The lowest BCUT2D eigenvalue weighted by atomic mass is 10.3. The first-order valence-corrected chi connectivity index (χ1v) is 6.12. The average molecular weight is 284 g/mol. The Kier molecular flexibility index (Phi) is 6.14. The molecule has 9 heteroatoms. The highest BCUT2D eigenvalue weighted by Crippen LogP contribution is 2.07. The predicted molar refractivity (Wildman–Crippen MR) is 67.8 cm³/mol. The second kappa shape index (κ2) is 7.87. The molecule has 0 radical (unpaired) electrons. The molecule has 20 heavy (non-hydrogen) atoms. The van der Waals surface area contributed by atoms with Gasteiger partial charge >= 0.3 is 11.7 Å². The number of rotatable bonds is 8. The van der Waals surface area contributed by atoms with Crippen molar-refractivity contribution >= 4 is 17.6 Å². The van der Waals surface area contributed by atoms with E-state index in [1.54, 1.807) is 6.92 Å². The Morgan fingerprint density at radius 3 is 2.90 bits per heavy atom. The molecule has 1 N–H and O–H groups in total. The number of nitrogens with one attached hydrogen (secondary N) is 1. The van der Waals surface area contributed by atoms with Gasteiger partial charge < -0.3 is 10.1 Å². The number of nitro groups is 1. The first kappa shape index (κ1) is 15.6. The van der Waals surface area contributed by atoms with Crippen LogP contribution < -0.4 is 5.32 Å². The van der Waals surface area contributed by atoms with E-state index in [0.29, 0.717) is 19.6 Å². The summed E-state index contributed by atoms with van der Waals surface area (Å²) in [6.45, 7) is 2.29. The van der Waals surface area contributed by atoms with Crippen LogP contribution in [-0.4, -0.2) is 39.7 Å². The topological polar surface area (TPSA) is 116 Å². The van der Waals surface area contributed by atoms with Crippen molar-refractivity contribution in [3.05, 3.63) is 22.5 Å². The number of carbonyl (C=O) groups excluding carboxylic acids is 2. The van der Waals surface area contributed by atoms with Crippen LogP contribution in [0.15, 0.2) is 12.4 Å². The number of nitrogens with zero attached hydrogens (tertiary/aromatic N) is 3. The van der Waals surface area contributed by atoms with Gasteiger partial charge in [-0.1, -0.05) is 0 Å². The minimum absolute atomic E-state index is 0.104. The predicted octanol–water partition coefficient (Wildman–Crippen LogP) is 0.251. The highest BCUT2D eigenvalue weighted by molar-refractivity contribution is 5.75. The summed E-state index contributed by atoms with van der Waals surface area (Å²) in [6.07, 6.45) is 2.97. The number of aromatic nitrogens is 2. The van der Waals surface area contributed by atoms with Crippen molar-refractivity contribution in [1.82, 2.24) is 15.1 Å². The summed E-state index contributed by atoms with van der Waals surface area (Å²) in [6, 6.07) is 0. The standard InChI is InChI=1S/C11H16N4O5/c1-2-20-11(17)4-3-5-12-10(16)8-14-7-9(6-13-14)15(18)19/h6-7H,2-5,8H2,1H3,(H,12,16). The van der Waals surface area contributed by atoms with E-state index in [0.717, 1.165) is 6.20 Å². The van der Waals surface area contributed by atoms with Crippen molar-refractivity contribution in [2.45, 2.75) is 26.3 Å². The summed E-state index contributed by atoms with van der Waals surface area (Å²) >= 11 is 0. The number of esters is 1. The summed E-state index contributed by atoms with van der Waals surface area (Å²) in [7, 11) is 0. The number of hydrogen-bond donors (Lipinski definition) is 1. The van der Waals surface area contributed by atoms with Crippen LogP contribution in [0.1, 0.15) is 19.8 Å². The van der Waals surface area contributed by atoms with Gasteiger partial charge in [0, 0.05) is 13.0 Å². The van der Waals surface area contributed by atoms with Crippen molar-refractivity contribution in [3.63, 3.8) is 0 Å². The number of amides is 1. The Morgan fingerprint density at radius 2 is 2.30 bits per heavy atom. The lowest BCUT2D eigenvalue weighted by molar-refractivity contribution is -0.385. The van der Waals surface area contributed by atoms with Gasteiger partial charge in [-0.3, -0.25) is 24.4 Å². The maximum Gasteiger partial charge on any atom is 0.307 e. The number of hydrogen-bond acceptors (Lipinski definition) is 6. The molecule has 1 aromatic rings. The van der Waals surface area contributed by atoms with Crippen LogP contribution in [0.2, 0.25) is 0 Å².